The van der Waals surface area contributed by atoms with Gasteiger partial charge in [-0.05, 0) is 66.1 Å². The largest absolute Gasteiger partial charge is 0.506 e. The summed E-state index contributed by atoms with van der Waals surface area (Å²) in [6, 6.07) is 17.1. The molecule has 0 spiro atoms. The first-order valence-corrected chi connectivity index (χ1v) is 15.1. The number of methoxy groups -OCH3 is 1. The van der Waals surface area contributed by atoms with Crippen molar-refractivity contribution in [3.05, 3.63) is 83.7 Å². The minimum Gasteiger partial charge on any atom is -0.497 e. The number of benzene rings is 3. The molecule has 1 saturated heterocycles. The van der Waals surface area contributed by atoms with Gasteiger partial charge in [0.05, 0.1) is 18.0 Å². The number of likely N-dealkylation sites (tertiary alicyclic amines) is 1. The Labute approximate surface area is 244 Å². The molecule has 0 amide bonds. The fraction of sp³-hybridized carbons (Fsp3) is 0.367. The second-order valence-electron chi connectivity index (χ2n) is 10.1. The molecule has 5 rings (SSSR count). The summed E-state index contributed by atoms with van der Waals surface area (Å²) in [5.74, 6) is 0.925. The normalized spacial score (nSPS) is 20.1. The summed E-state index contributed by atoms with van der Waals surface area (Å²) in [6.45, 7) is 3.07. The van der Waals surface area contributed by atoms with Crippen LogP contribution in [0.1, 0.15) is 36.4 Å². The highest BCUT2D eigenvalue weighted by Crippen LogP contribution is 2.45. The van der Waals surface area contributed by atoms with Crippen molar-refractivity contribution >= 4 is 16.2 Å². The summed E-state index contributed by atoms with van der Waals surface area (Å²) in [5, 5.41) is 9.75. The standard InChI is InChI=1S/C30H33FN2O8S/c1-3-14-33(42(36,37)24-11-7-22(31)8-12-24)16-15-32-18-25(21-6-13-26-27(17-21)40-19-39-26)29(41-30(34)35)28(32)20-4-9-23(38-2)10-5-20/h4-13,17,25,28-29H,3,14-16,18-19H2,1-2H3,(H,34,35)/t25-,28-,29+/m1/s1. The van der Waals surface area contributed by atoms with E-state index in [1.165, 1.54) is 16.4 Å². The molecule has 3 aromatic rings. The van der Waals surface area contributed by atoms with Crippen molar-refractivity contribution in [3.63, 3.8) is 0 Å². The van der Waals surface area contributed by atoms with Crippen LogP contribution in [0.15, 0.2) is 71.6 Å². The molecule has 1 fully saturated rings. The lowest BCUT2D eigenvalue weighted by molar-refractivity contribution is 0.0283. The highest BCUT2D eigenvalue weighted by atomic mass is 32.2. The molecule has 0 aromatic heterocycles. The zero-order valence-corrected chi connectivity index (χ0v) is 24.1. The average molecular weight is 601 g/mol. The minimum atomic E-state index is -3.90. The van der Waals surface area contributed by atoms with Crippen LogP contribution in [0.3, 0.4) is 0 Å². The summed E-state index contributed by atoms with van der Waals surface area (Å²) in [6.07, 6.45) is -1.63. The molecule has 0 aliphatic carbocycles. The van der Waals surface area contributed by atoms with E-state index in [-0.39, 0.29) is 37.2 Å². The van der Waals surface area contributed by atoms with Crippen LogP contribution in [0.4, 0.5) is 9.18 Å². The molecule has 10 nitrogen and oxygen atoms in total. The highest BCUT2D eigenvalue weighted by molar-refractivity contribution is 7.89. The van der Waals surface area contributed by atoms with E-state index in [4.69, 9.17) is 18.9 Å². The summed E-state index contributed by atoms with van der Waals surface area (Å²) in [5.41, 5.74) is 1.62. The third-order valence-electron chi connectivity index (χ3n) is 7.61. The van der Waals surface area contributed by atoms with Gasteiger partial charge in [0.2, 0.25) is 16.8 Å². The Morgan fingerprint density at radius 2 is 1.71 bits per heavy atom. The maximum absolute atomic E-state index is 13.5. The van der Waals surface area contributed by atoms with Gasteiger partial charge in [0, 0.05) is 32.1 Å². The number of fused-ring (bicyclic) bond motifs is 1. The molecule has 0 unspecified atom stereocenters. The molecule has 224 valence electrons. The molecular formula is C30H33FN2O8S. The van der Waals surface area contributed by atoms with Gasteiger partial charge < -0.3 is 24.1 Å². The number of ether oxygens (including phenoxy) is 4. The molecule has 0 saturated carbocycles. The number of sulfonamides is 1. The minimum absolute atomic E-state index is 0.01000. The molecule has 0 bridgehead atoms. The van der Waals surface area contributed by atoms with Crippen molar-refractivity contribution in [1.29, 1.82) is 0 Å². The van der Waals surface area contributed by atoms with Crippen LogP contribution < -0.4 is 14.2 Å². The van der Waals surface area contributed by atoms with Crippen molar-refractivity contribution in [2.75, 3.05) is 40.1 Å². The SMILES string of the molecule is CCCN(CCN1C[C@H](c2ccc3c(c2)OCO3)[C@H](OC(=O)O)[C@H]1c1ccc(OC)cc1)S(=O)(=O)c1ccc(F)cc1. The predicted octanol–water partition coefficient (Wildman–Crippen LogP) is 4.87. The van der Waals surface area contributed by atoms with E-state index in [9.17, 15) is 22.7 Å². The van der Waals surface area contributed by atoms with Crippen LogP contribution in [0.2, 0.25) is 0 Å². The van der Waals surface area contributed by atoms with Gasteiger partial charge in [-0.2, -0.15) is 4.31 Å². The van der Waals surface area contributed by atoms with Crippen molar-refractivity contribution in [2.24, 2.45) is 0 Å². The maximum atomic E-state index is 13.5. The first kappa shape index (κ1) is 29.6. The highest BCUT2D eigenvalue weighted by Gasteiger charge is 2.46. The van der Waals surface area contributed by atoms with Crippen LogP contribution in [-0.4, -0.2) is 75.1 Å². The van der Waals surface area contributed by atoms with Gasteiger partial charge in [0.1, 0.15) is 17.7 Å². The van der Waals surface area contributed by atoms with Gasteiger partial charge in [-0.1, -0.05) is 25.1 Å². The number of nitrogens with zero attached hydrogens (tertiary/aromatic N) is 2. The van der Waals surface area contributed by atoms with E-state index >= 15 is 0 Å². The van der Waals surface area contributed by atoms with Crippen LogP contribution in [0.25, 0.3) is 0 Å². The first-order chi connectivity index (χ1) is 20.2. The average Bonchev–Trinajstić information content (AvgIpc) is 3.59. The van der Waals surface area contributed by atoms with Gasteiger partial charge >= 0.3 is 6.16 Å². The molecular weight excluding hydrogens is 567 g/mol. The fourth-order valence-corrected chi connectivity index (χ4v) is 7.15. The molecule has 2 aliphatic heterocycles. The Morgan fingerprint density at radius 1 is 1.02 bits per heavy atom. The predicted molar refractivity (Wildman–Crippen MR) is 151 cm³/mol. The molecule has 1 N–H and O–H groups in total. The molecule has 3 atom stereocenters. The maximum Gasteiger partial charge on any atom is 0.506 e. The molecule has 2 aliphatic rings. The third-order valence-corrected chi connectivity index (χ3v) is 9.53. The lowest BCUT2D eigenvalue weighted by atomic mass is 9.90. The topological polar surface area (TPSA) is 115 Å². The quantitative estimate of drug-likeness (QED) is 0.308. The third kappa shape index (κ3) is 6.15. The van der Waals surface area contributed by atoms with Crippen LogP contribution in [0.5, 0.6) is 17.2 Å². The van der Waals surface area contributed by atoms with E-state index < -0.39 is 34.1 Å². The summed E-state index contributed by atoms with van der Waals surface area (Å²) >= 11 is 0. The van der Waals surface area contributed by atoms with Crippen molar-refractivity contribution in [2.45, 2.75) is 36.3 Å². The second-order valence-corrected chi connectivity index (χ2v) is 12.1. The molecule has 0 radical (unpaired) electrons. The smallest absolute Gasteiger partial charge is 0.497 e. The Hall–Kier alpha value is -3.87. The monoisotopic (exact) mass is 600 g/mol. The number of halogens is 1. The Morgan fingerprint density at radius 3 is 2.38 bits per heavy atom. The summed E-state index contributed by atoms with van der Waals surface area (Å²) < 4.78 is 63.8. The lowest BCUT2D eigenvalue weighted by Gasteiger charge is -2.30. The van der Waals surface area contributed by atoms with Crippen molar-refractivity contribution in [3.8, 4) is 17.2 Å². The molecule has 42 heavy (non-hydrogen) atoms. The summed E-state index contributed by atoms with van der Waals surface area (Å²) in [4.78, 5) is 14.0. The van der Waals surface area contributed by atoms with Gasteiger partial charge in [-0.25, -0.2) is 17.6 Å². The van der Waals surface area contributed by atoms with Crippen LogP contribution >= 0.6 is 0 Å². The van der Waals surface area contributed by atoms with Crippen molar-refractivity contribution in [1.82, 2.24) is 9.21 Å². The number of rotatable bonds is 11. The van der Waals surface area contributed by atoms with Crippen molar-refractivity contribution < 1.29 is 41.7 Å². The number of hydrogen-bond donors (Lipinski definition) is 1. The number of hydrogen-bond acceptors (Lipinski definition) is 8. The van der Waals surface area contributed by atoms with E-state index in [0.717, 1.165) is 23.3 Å². The van der Waals surface area contributed by atoms with E-state index in [0.29, 0.717) is 30.2 Å². The Bertz CT molecular complexity index is 1500. The Balaban J connectivity index is 1.48. The lowest BCUT2D eigenvalue weighted by Crippen LogP contribution is -2.40. The summed E-state index contributed by atoms with van der Waals surface area (Å²) in [7, 11) is -2.34. The number of carboxylic acid groups (broad SMARTS) is 1. The fourth-order valence-electron chi connectivity index (χ4n) is 5.63. The second kappa shape index (κ2) is 12.6. The van der Waals surface area contributed by atoms with Crippen LogP contribution in [0, 0.1) is 5.82 Å². The zero-order chi connectivity index (χ0) is 29.9. The molecule has 2 heterocycles. The van der Waals surface area contributed by atoms with Gasteiger partial charge in [0.25, 0.3) is 0 Å². The molecule has 3 aromatic carbocycles. The van der Waals surface area contributed by atoms with E-state index in [1.807, 2.05) is 36.1 Å². The number of carbonyl (C=O) groups is 1. The van der Waals surface area contributed by atoms with Gasteiger partial charge in [-0.3, -0.25) is 4.90 Å². The van der Waals surface area contributed by atoms with E-state index in [1.54, 1.807) is 25.3 Å². The van der Waals surface area contributed by atoms with Gasteiger partial charge in [0.15, 0.2) is 11.5 Å². The van der Waals surface area contributed by atoms with E-state index in [2.05, 4.69) is 0 Å². The first-order valence-electron chi connectivity index (χ1n) is 13.6. The van der Waals surface area contributed by atoms with Crippen LogP contribution in [-0.2, 0) is 14.8 Å². The van der Waals surface area contributed by atoms with Gasteiger partial charge in [-0.15, -0.1) is 0 Å². The Kier molecular flexibility index (Phi) is 8.85. The molecule has 12 heteroatoms. The zero-order valence-electron chi connectivity index (χ0n) is 23.3.